The highest BCUT2D eigenvalue weighted by atomic mass is 16.5. The number of rotatable bonds is 9. The molecule has 0 spiro atoms. The molecule has 1 aromatic rings. The molecule has 1 heterocycles. The van der Waals surface area contributed by atoms with Gasteiger partial charge in [-0.2, -0.15) is 0 Å². The minimum absolute atomic E-state index is 0.121. The summed E-state index contributed by atoms with van der Waals surface area (Å²) < 4.78 is 5.43. The van der Waals surface area contributed by atoms with Crippen molar-refractivity contribution in [1.29, 1.82) is 0 Å². The van der Waals surface area contributed by atoms with E-state index in [1.54, 1.807) is 18.3 Å². The molecule has 1 amide bonds. The van der Waals surface area contributed by atoms with Crippen molar-refractivity contribution in [3.8, 4) is 0 Å². The molecule has 5 nitrogen and oxygen atoms in total. The van der Waals surface area contributed by atoms with Gasteiger partial charge in [-0.05, 0) is 24.5 Å². The van der Waals surface area contributed by atoms with E-state index in [1.165, 1.54) is 0 Å². The van der Waals surface area contributed by atoms with Crippen LogP contribution in [0.1, 0.15) is 37.6 Å². The van der Waals surface area contributed by atoms with Gasteiger partial charge in [-0.15, -0.1) is 0 Å². The zero-order chi connectivity index (χ0) is 14.8. The van der Waals surface area contributed by atoms with Gasteiger partial charge in [0.15, 0.2) is 0 Å². The highest BCUT2D eigenvalue weighted by molar-refractivity contribution is 5.98. The first-order chi connectivity index (χ1) is 9.65. The normalized spacial score (nSPS) is 10.6. The van der Waals surface area contributed by atoms with Crippen molar-refractivity contribution in [2.24, 2.45) is 5.92 Å². The summed E-state index contributed by atoms with van der Waals surface area (Å²) in [6, 6.07) is 3.54. The van der Waals surface area contributed by atoms with Crippen molar-refractivity contribution in [3.05, 3.63) is 23.9 Å². The first-order valence-corrected chi connectivity index (χ1v) is 7.20. The maximum Gasteiger partial charge on any atom is 0.255 e. The number of hydrogen-bond acceptors (Lipinski definition) is 4. The van der Waals surface area contributed by atoms with Crippen LogP contribution in [0.5, 0.6) is 0 Å². The fraction of sp³-hybridized carbons (Fsp3) is 0.600. The molecule has 0 saturated heterocycles. The average Bonchev–Trinajstić information content (AvgIpc) is 2.44. The van der Waals surface area contributed by atoms with Gasteiger partial charge in [-0.25, -0.2) is 4.98 Å². The predicted octanol–water partition coefficient (Wildman–Crippen LogP) is 2.31. The van der Waals surface area contributed by atoms with Gasteiger partial charge in [0.05, 0.1) is 12.2 Å². The van der Waals surface area contributed by atoms with Gasteiger partial charge in [0.2, 0.25) is 0 Å². The average molecular weight is 279 g/mol. The number of aromatic nitrogens is 1. The fourth-order valence-corrected chi connectivity index (χ4v) is 1.62. The number of carbonyl (C=O) groups is 1. The molecule has 0 saturated carbocycles. The second-order valence-electron chi connectivity index (χ2n) is 5.05. The van der Waals surface area contributed by atoms with E-state index in [0.29, 0.717) is 37.1 Å². The van der Waals surface area contributed by atoms with Gasteiger partial charge in [0, 0.05) is 25.9 Å². The molecule has 20 heavy (non-hydrogen) atoms. The van der Waals surface area contributed by atoms with Crippen LogP contribution in [-0.4, -0.2) is 37.2 Å². The van der Waals surface area contributed by atoms with Crippen molar-refractivity contribution in [3.63, 3.8) is 0 Å². The van der Waals surface area contributed by atoms with Gasteiger partial charge in [0.1, 0.15) is 5.82 Å². The summed E-state index contributed by atoms with van der Waals surface area (Å²) in [5.41, 5.74) is 0.574. The Morgan fingerprint density at radius 1 is 1.40 bits per heavy atom. The Bertz CT molecular complexity index is 408. The molecule has 2 N–H and O–H groups in total. The topological polar surface area (TPSA) is 63.2 Å². The van der Waals surface area contributed by atoms with Crippen molar-refractivity contribution in [1.82, 2.24) is 10.3 Å². The van der Waals surface area contributed by atoms with E-state index >= 15 is 0 Å². The zero-order valence-electron chi connectivity index (χ0n) is 12.6. The van der Waals surface area contributed by atoms with Crippen molar-refractivity contribution < 1.29 is 9.53 Å². The summed E-state index contributed by atoms with van der Waals surface area (Å²) in [5, 5.41) is 6.00. The summed E-state index contributed by atoms with van der Waals surface area (Å²) >= 11 is 0. The second kappa shape index (κ2) is 9.31. The largest absolute Gasteiger partial charge is 0.379 e. The number of nitrogens with zero attached hydrogens (tertiary/aromatic N) is 1. The maximum absolute atomic E-state index is 12.1. The van der Waals surface area contributed by atoms with E-state index in [0.717, 1.165) is 13.0 Å². The molecule has 0 fully saturated rings. The Balaban J connectivity index is 2.42. The van der Waals surface area contributed by atoms with Crippen molar-refractivity contribution in [2.45, 2.75) is 27.2 Å². The molecular weight excluding hydrogens is 254 g/mol. The van der Waals surface area contributed by atoms with E-state index in [4.69, 9.17) is 4.74 Å². The molecule has 1 rings (SSSR count). The third-order valence-electron chi connectivity index (χ3n) is 2.58. The molecule has 0 unspecified atom stereocenters. The van der Waals surface area contributed by atoms with Crippen LogP contribution in [0.2, 0.25) is 0 Å². The number of nitrogens with one attached hydrogen (secondary N) is 2. The highest BCUT2D eigenvalue weighted by Gasteiger charge is 2.11. The minimum atomic E-state index is -0.121. The maximum atomic E-state index is 12.1. The number of ether oxygens (including phenoxy) is 1. The van der Waals surface area contributed by atoms with E-state index in [2.05, 4.69) is 36.4 Å². The van der Waals surface area contributed by atoms with Gasteiger partial charge in [-0.1, -0.05) is 20.8 Å². The Labute approximate surface area is 121 Å². The Morgan fingerprint density at radius 3 is 2.90 bits per heavy atom. The van der Waals surface area contributed by atoms with Crippen molar-refractivity contribution in [2.75, 3.05) is 31.6 Å². The number of pyridine rings is 1. The molecule has 0 atom stereocenters. The predicted molar refractivity (Wildman–Crippen MR) is 81.0 cm³/mol. The van der Waals surface area contributed by atoms with Crippen LogP contribution >= 0.6 is 0 Å². The van der Waals surface area contributed by atoms with Crippen LogP contribution in [0.15, 0.2) is 18.3 Å². The third kappa shape index (κ3) is 6.02. The number of hydrogen-bond donors (Lipinski definition) is 2. The van der Waals surface area contributed by atoms with E-state index in [9.17, 15) is 4.79 Å². The summed E-state index contributed by atoms with van der Waals surface area (Å²) in [6.07, 6.45) is 2.67. The Hall–Kier alpha value is -1.62. The zero-order valence-corrected chi connectivity index (χ0v) is 12.6. The minimum Gasteiger partial charge on any atom is -0.379 e. The first kappa shape index (κ1) is 16.4. The summed E-state index contributed by atoms with van der Waals surface area (Å²) in [5.74, 6) is 1.02. The lowest BCUT2D eigenvalue weighted by Crippen LogP contribution is -2.28. The van der Waals surface area contributed by atoms with Crippen LogP contribution in [-0.2, 0) is 4.74 Å². The van der Waals surface area contributed by atoms with Crippen LogP contribution < -0.4 is 10.6 Å². The molecule has 0 aliphatic rings. The lowest BCUT2D eigenvalue weighted by molar-refractivity contribution is 0.0886. The van der Waals surface area contributed by atoms with Crippen LogP contribution in [0, 0.1) is 5.92 Å². The van der Waals surface area contributed by atoms with Crippen LogP contribution in [0.3, 0.4) is 0 Å². The summed E-state index contributed by atoms with van der Waals surface area (Å²) in [7, 11) is 0. The lowest BCUT2D eigenvalue weighted by atomic mass is 10.2. The number of anilines is 1. The molecule has 5 heteroatoms. The molecule has 112 valence electrons. The summed E-state index contributed by atoms with van der Waals surface area (Å²) in [4.78, 5) is 16.3. The molecule has 1 aromatic heterocycles. The monoisotopic (exact) mass is 279 g/mol. The van der Waals surface area contributed by atoms with Gasteiger partial charge >= 0.3 is 0 Å². The fourth-order valence-electron chi connectivity index (χ4n) is 1.62. The Kier molecular flexibility index (Phi) is 7.65. The van der Waals surface area contributed by atoms with E-state index in [-0.39, 0.29) is 5.91 Å². The second-order valence-corrected chi connectivity index (χ2v) is 5.05. The lowest BCUT2D eigenvalue weighted by Gasteiger charge is -2.11. The molecule has 0 radical (unpaired) electrons. The van der Waals surface area contributed by atoms with Gasteiger partial charge < -0.3 is 15.4 Å². The SMILES string of the molecule is CCCNc1ncccc1C(=O)NCCOCC(C)C. The molecule has 0 aliphatic heterocycles. The van der Waals surface area contributed by atoms with Crippen molar-refractivity contribution >= 4 is 11.7 Å². The van der Waals surface area contributed by atoms with Crippen LogP contribution in [0.4, 0.5) is 5.82 Å². The third-order valence-corrected chi connectivity index (χ3v) is 2.58. The number of carbonyl (C=O) groups excluding carboxylic acids is 1. The Morgan fingerprint density at radius 2 is 2.20 bits per heavy atom. The first-order valence-electron chi connectivity index (χ1n) is 7.20. The van der Waals surface area contributed by atoms with E-state index < -0.39 is 0 Å². The standard InChI is InChI=1S/C15H25N3O2/c1-4-7-16-14-13(6-5-8-17-14)15(19)18-9-10-20-11-12(2)3/h5-6,8,12H,4,7,9-11H2,1-3H3,(H,16,17)(H,18,19). The quantitative estimate of drug-likeness (QED) is 0.681. The smallest absolute Gasteiger partial charge is 0.255 e. The number of amides is 1. The molecular formula is C15H25N3O2. The van der Waals surface area contributed by atoms with Gasteiger partial charge in [0.25, 0.3) is 5.91 Å². The highest BCUT2D eigenvalue weighted by Crippen LogP contribution is 2.10. The molecule has 0 bridgehead atoms. The molecule has 0 aliphatic carbocycles. The molecule has 0 aromatic carbocycles. The van der Waals surface area contributed by atoms with E-state index in [1.807, 2.05) is 0 Å². The van der Waals surface area contributed by atoms with Gasteiger partial charge in [-0.3, -0.25) is 4.79 Å². The van der Waals surface area contributed by atoms with Crippen LogP contribution in [0.25, 0.3) is 0 Å². The summed E-state index contributed by atoms with van der Waals surface area (Å²) in [6.45, 7) is 8.82.